The van der Waals surface area contributed by atoms with Crippen LogP contribution in [0.15, 0.2) is 11.6 Å². The van der Waals surface area contributed by atoms with Crippen LogP contribution in [-0.4, -0.2) is 18.8 Å². The second-order valence-electron chi connectivity index (χ2n) is 5.66. The molecule has 1 aliphatic heterocycles. The predicted molar refractivity (Wildman–Crippen MR) is 75.1 cm³/mol. The number of nitrogens with one attached hydrogen (secondary N) is 1. The van der Waals surface area contributed by atoms with Gasteiger partial charge in [0.2, 0.25) is 0 Å². The van der Waals surface area contributed by atoms with Crippen molar-refractivity contribution in [3.63, 3.8) is 0 Å². The highest BCUT2D eigenvalue weighted by Gasteiger charge is 2.18. The van der Waals surface area contributed by atoms with Gasteiger partial charge in [-0.2, -0.15) is 0 Å². The van der Waals surface area contributed by atoms with Crippen LogP contribution in [0.25, 0.3) is 0 Å². The first-order valence-electron chi connectivity index (χ1n) is 7.67. The van der Waals surface area contributed by atoms with Crippen LogP contribution in [-0.2, 0) is 4.74 Å². The maximum atomic E-state index is 5.80. The summed E-state index contributed by atoms with van der Waals surface area (Å²) in [5, 5.41) is 0. The van der Waals surface area contributed by atoms with Gasteiger partial charge in [0.1, 0.15) is 0 Å². The summed E-state index contributed by atoms with van der Waals surface area (Å²) < 4.78 is 5.80. The zero-order chi connectivity index (χ0) is 12.6. The van der Waals surface area contributed by atoms with E-state index in [1.54, 1.807) is 0 Å². The highest BCUT2D eigenvalue weighted by Crippen LogP contribution is 2.24. The Morgan fingerprint density at radius 3 is 3.00 bits per heavy atom. The Balaban J connectivity index is 1.78. The Morgan fingerprint density at radius 1 is 1.28 bits per heavy atom. The summed E-state index contributed by atoms with van der Waals surface area (Å²) in [6.45, 7) is 0.952. The third-order valence-corrected chi connectivity index (χ3v) is 4.28. The summed E-state index contributed by atoms with van der Waals surface area (Å²) in [7, 11) is 0. The van der Waals surface area contributed by atoms with Crippen molar-refractivity contribution in [3.8, 4) is 0 Å². The van der Waals surface area contributed by atoms with E-state index in [4.69, 9.17) is 10.6 Å². The summed E-state index contributed by atoms with van der Waals surface area (Å²) in [6.07, 6.45) is 15.4. The van der Waals surface area contributed by atoms with Crippen molar-refractivity contribution in [3.05, 3.63) is 11.6 Å². The number of nitrogens with two attached hydrogens (primary N) is 1. The first-order chi connectivity index (χ1) is 8.90. The largest absolute Gasteiger partial charge is 0.378 e. The molecule has 2 unspecified atom stereocenters. The number of hydrazine groups is 1. The van der Waals surface area contributed by atoms with Crippen molar-refractivity contribution in [2.75, 3.05) is 6.61 Å². The van der Waals surface area contributed by atoms with Crippen LogP contribution in [0, 0.1) is 0 Å². The van der Waals surface area contributed by atoms with Crippen LogP contribution in [0.1, 0.15) is 64.2 Å². The molecule has 0 spiro atoms. The molecule has 1 saturated heterocycles. The SMILES string of the molecule is NNC(CCC1CCCCO1)C1=CCCCCC1. The van der Waals surface area contributed by atoms with Gasteiger partial charge in [0.25, 0.3) is 0 Å². The molecule has 0 saturated carbocycles. The van der Waals surface area contributed by atoms with Gasteiger partial charge in [-0.25, -0.2) is 0 Å². The van der Waals surface area contributed by atoms with Gasteiger partial charge in [-0.1, -0.05) is 18.1 Å². The van der Waals surface area contributed by atoms with Crippen molar-refractivity contribution >= 4 is 0 Å². The summed E-state index contributed by atoms with van der Waals surface area (Å²) in [6, 6.07) is 0.369. The molecule has 1 aliphatic carbocycles. The second kappa shape index (κ2) is 7.93. The van der Waals surface area contributed by atoms with E-state index in [2.05, 4.69) is 11.5 Å². The Bertz CT molecular complexity index is 259. The molecule has 0 bridgehead atoms. The molecule has 2 aliphatic rings. The van der Waals surface area contributed by atoms with E-state index in [1.807, 2.05) is 0 Å². The third kappa shape index (κ3) is 4.38. The molecular weight excluding hydrogens is 224 g/mol. The fourth-order valence-electron chi connectivity index (χ4n) is 3.12. The molecule has 18 heavy (non-hydrogen) atoms. The number of hydrogen-bond acceptors (Lipinski definition) is 3. The predicted octanol–water partition coefficient (Wildman–Crippen LogP) is 3.06. The Labute approximate surface area is 111 Å². The van der Waals surface area contributed by atoms with Gasteiger partial charge >= 0.3 is 0 Å². The minimum Gasteiger partial charge on any atom is -0.378 e. The smallest absolute Gasteiger partial charge is 0.0575 e. The van der Waals surface area contributed by atoms with Crippen LogP contribution in [0.2, 0.25) is 0 Å². The van der Waals surface area contributed by atoms with Crippen LogP contribution < -0.4 is 11.3 Å². The number of allylic oxidation sites excluding steroid dienone is 1. The minimum absolute atomic E-state index is 0.369. The van der Waals surface area contributed by atoms with Crippen LogP contribution >= 0.6 is 0 Å². The van der Waals surface area contributed by atoms with Gasteiger partial charge in [0, 0.05) is 12.6 Å². The van der Waals surface area contributed by atoms with Crippen molar-refractivity contribution in [2.24, 2.45) is 5.84 Å². The fourth-order valence-corrected chi connectivity index (χ4v) is 3.12. The van der Waals surface area contributed by atoms with Crippen molar-refractivity contribution < 1.29 is 4.74 Å². The Morgan fingerprint density at radius 2 is 2.22 bits per heavy atom. The molecule has 104 valence electrons. The number of rotatable bonds is 5. The topological polar surface area (TPSA) is 47.3 Å². The van der Waals surface area contributed by atoms with E-state index in [1.165, 1.54) is 56.9 Å². The monoisotopic (exact) mass is 252 g/mol. The molecule has 3 N–H and O–H groups in total. The van der Waals surface area contributed by atoms with E-state index in [-0.39, 0.29) is 0 Å². The lowest BCUT2D eigenvalue weighted by Gasteiger charge is -2.25. The number of hydrogen-bond donors (Lipinski definition) is 2. The molecule has 0 aromatic carbocycles. The molecule has 0 radical (unpaired) electrons. The van der Waals surface area contributed by atoms with Gasteiger partial charge in [-0.15, -0.1) is 0 Å². The van der Waals surface area contributed by atoms with E-state index >= 15 is 0 Å². The molecule has 1 heterocycles. The maximum Gasteiger partial charge on any atom is 0.0575 e. The summed E-state index contributed by atoms with van der Waals surface area (Å²) in [5.74, 6) is 5.74. The minimum atomic E-state index is 0.369. The lowest BCUT2D eigenvalue weighted by molar-refractivity contribution is 0.00908. The van der Waals surface area contributed by atoms with Crippen LogP contribution in [0.5, 0.6) is 0 Å². The molecule has 0 amide bonds. The average molecular weight is 252 g/mol. The zero-order valence-electron chi connectivity index (χ0n) is 11.5. The molecule has 0 aromatic heterocycles. The highest BCUT2D eigenvalue weighted by atomic mass is 16.5. The highest BCUT2D eigenvalue weighted by molar-refractivity contribution is 5.11. The van der Waals surface area contributed by atoms with Crippen molar-refractivity contribution in [1.82, 2.24) is 5.43 Å². The standard InChI is InChI=1S/C15H28N2O/c16-17-15(13-7-3-1-2-4-8-13)11-10-14-9-5-6-12-18-14/h7,14-15,17H,1-6,8-12,16H2. The number of ether oxygens (including phenoxy) is 1. The first kappa shape index (κ1) is 14.0. The van der Waals surface area contributed by atoms with E-state index in [0.29, 0.717) is 12.1 Å². The van der Waals surface area contributed by atoms with E-state index < -0.39 is 0 Å². The van der Waals surface area contributed by atoms with Crippen molar-refractivity contribution in [2.45, 2.75) is 76.4 Å². The summed E-state index contributed by atoms with van der Waals surface area (Å²) in [5.41, 5.74) is 4.55. The molecule has 1 fully saturated rings. The van der Waals surface area contributed by atoms with Gasteiger partial charge < -0.3 is 4.74 Å². The molecule has 2 atom stereocenters. The quantitative estimate of drug-likeness (QED) is 0.449. The zero-order valence-corrected chi connectivity index (χ0v) is 11.5. The molecule has 0 aromatic rings. The normalized spacial score (nSPS) is 27.4. The lowest BCUT2D eigenvalue weighted by Crippen LogP contribution is -2.37. The molecular formula is C15H28N2O. The Kier molecular flexibility index (Phi) is 6.18. The van der Waals surface area contributed by atoms with Gasteiger partial charge in [-0.3, -0.25) is 11.3 Å². The van der Waals surface area contributed by atoms with Gasteiger partial charge in [0.15, 0.2) is 0 Å². The van der Waals surface area contributed by atoms with Crippen LogP contribution in [0.4, 0.5) is 0 Å². The van der Waals surface area contributed by atoms with Crippen LogP contribution in [0.3, 0.4) is 0 Å². The first-order valence-corrected chi connectivity index (χ1v) is 7.67. The van der Waals surface area contributed by atoms with E-state index in [0.717, 1.165) is 19.4 Å². The molecule has 2 rings (SSSR count). The summed E-state index contributed by atoms with van der Waals surface area (Å²) in [4.78, 5) is 0. The molecule has 3 nitrogen and oxygen atoms in total. The maximum absolute atomic E-state index is 5.80. The summed E-state index contributed by atoms with van der Waals surface area (Å²) >= 11 is 0. The van der Waals surface area contributed by atoms with Gasteiger partial charge in [0.05, 0.1) is 6.10 Å². The second-order valence-corrected chi connectivity index (χ2v) is 5.66. The van der Waals surface area contributed by atoms with E-state index in [9.17, 15) is 0 Å². The fraction of sp³-hybridized carbons (Fsp3) is 0.867. The third-order valence-electron chi connectivity index (χ3n) is 4.28. The average Bonchev–Trinajstić information content (AvgIpc) is 2.70. The van der Waals surface area contributed by atoms with Crippen molar-refractivity contribution in [1.29, 1.82) is 0 Å². The van der Waals surface area contributed by atoms with Gasteiger partial charge in [-0.05, 0) is 57.8 Å². The lowest BCUT2D eigenvalue weighted by atomic mass is 9.95. The Hall–Kier alpha value is -0.380. The molecule has 3 heteroatoms.